The van der Waals surface area contributed by atoms with Gasteiger partial charge < -0.3 is 10.1 Å². The number of ether oxygens (including phenoxy) is 1. The molecule has 0 spiro atoms. The highest BCUT2D eigenvalue weighted by Crippen LogP contribution is 2.14. The summed E-state index contributed by atoms with van der Waals surface area (Å²) in [4.78, 5) is 11.7. The van der Waals surface area contributed by atoms with Crippen LogP contribution in [-0.4, -0.2) is 35.1 Å². The maximum atomic E-state index is 11.7. The summed E-state index contributed by atoms with van der Waals surface area (Å²) in [5.41, 5.74) is -0.445. The molecule has 1 unspecified atom stereocenters. The molecule has 5 nitrogen and oxygen atoms in total. The number of hydrogen-bond donors (Lipinski definition) is 1. The van der Waals surface area contributed by atoms with Crippen molar-refractivity contribution in [3.8, 4) is 0 Å². The molecule has 102 valence electrons. The van der Waals surface area contributed by atoms with E-state index in [0.29, 0.717) is 6.54 Å². The van der Waals surface area contributed by atoms with Crippen molar-refractivity contribution in [2.24, 2.45) is 0 Å². The Hall–Kier alpha value is -1.20. The number of hydrogen-bond acceptors (Lipinski definition) is 4. The van der Waals surface area contributed by atoms with Crippen molar-refractivity contribution >= 4 is 0 Å². The monoisotopic (exact) mass is 253 g/mol. The molecule has 1 N–H and O–H groups in total. The fraction of sp³-hybridized carbons (Fsp3) is 0.692. The normalized spacial score (nSPS) is 13.6. The average molecular weight is 253 g/mol. The summed E-state index contributed by atoms with van der Waals surface area (Å²) in [5.74, 6) is 0. The van der Waals surface area contributed by atoms with E-state index in [4.69, 9.17) is 4.74 Å². The summed E-state index contributed by atoms with van der Waals surface area (Å²) in [6.07, 6.45) is 2.66. The van der Waals surface area contributed by atoms with Gasteiger partial charge in [0.05, 0.1) is 18.2 Å². The van der Waals surface area contributed by atoms with Crippen LogP contribution in [0.25, 0.3) is 0 Å². The highest BCUT2D eigenvalue weighted by molar-refractivity contribution is 4.89. The molecule has 0 bridgehead atoms. The Morgan fingerprint density at radius 2 is 2.28 bits per heavy atom. The number of aromatic nitrogens is 2. The van der Waals surface area contributed by atoms with Crippen molar-refractivity contribution < 1.29 is 4.74 Å². The van der Waals surface area contributed by atoms with E-state index in [-0.39, 0.29) is 17.2 Å². The topological polar surface area (TPSA) is 56.2 Å². The first-order valence-corrected chi connectivity index (χ1v) is 6.32. The van der Waals surface area contributed by atoms with Crippen LogP contribution in [0.2, 0.25) is 0 Å². The van der Waals surface area contributed by atoms with Gasteiger partial charge in [-0.1, -0.05) is 6.92 Å². The molecule has 0 aliphatic carbocycles. The lowest BCUT2D eigenvalue weighted by molar-refractivity contribution is -0.0161. The third-order valence-corrected chi connectivity index (χ3v) is 3.15. The lowest BCUT2D eigenvalue weighted by atomic mass is 9.98. The molecule has 0 saturated carbocycles. The van der Waals surface area contributed by atoms with Crippen molar-refractivity contribution in [2.75, 3.05) is 13.7 Å². The van der Waals surface area contributed by atoms with Gasteiger partial charge in [-0.2, -0.15) is 5.10 Å². The van der Waals surface area contributed by atoms with Gasteiger partial charge in [0.15, 0.2) is 0 Å². The van der Waals surface area contributed by atoms with Gasteiger partial charge in [0.1, 0.15) is 0 Å². The van der Waals surface area contributed by atoms with Crippen molar-refractivity contribution in [2.45, 2.75) is 45.4 Å². The Kier molecular flexibility index (Phi) is 5.50. The zero-order valence-corrected chi connectivity index (χ0v) is 11.6. The van der Waals surface area contributed by atoms with Crippen LogP contribution in [0, 0.1) is 0 Å². The minimum Gasteiger partial charge on any atom is -0.377 e. The molecule has 0 aliphatic rings. The van der Waals surface area contributed by atoms with E-state index < -0.39 is 0 Å². The van der Waals surface area contributed by atoms with Crippen molar-refractivity contribution in [3.63, 3.8) is 0 Å². The van der Waals surface area contributed by atoms with Crippen molar-refractivity contribution in [3.05, 3.63) is 28.7 Å². The molecule has 0 fully saturated rings. The highest BCUT2D eigenvalue weighted by Gasteiger charge is 2.29. The number of nitrogens with zero attached hydrogens (tertiary/aromatic N) is 2. The van der Waals surface area contributed by atoms with Gasteiger partial charge in [-0.05, 0) is 32.9 Å². The second-order valence-corrected chi connectivity index (χ2v) is 4.86. The molecule has 1 heterocycles. The van der Waals surface area contributed by atoms with Crippen molar-refractivity contribution in [1.29, 1.82) is 0 Å². The molecular formula is C13H23N3O2. The maximum Gasteiger partial charge on any atom is 0.266 e. The molecule has 1 aromatic rings. The van der Waals surface area contributed by atoms with Gasteiger partial charge in [-0.25, -0.2) is 4.68 Å². The van der Waals surface area contributed by atoms with E-state index in [1.807, 2.05) is 13.8 Å². The van der Waals surface area contributed by atoms with Gasteiger partial charge in [-0.15, -0.1) is 0 Å². The zero-order valence-electron chi connectivity index (χ0n) is 11.6. The van der Waals surface area contributed by atoms with Crippen LogP contribution in [0.15, 0.2) is 23.1 Å². The summed E-state index contributed by atoms with van der Waals surface area (Å²) in [5, 5.41) is 7.49. The van der Waals surface area contributed by atoms with Crippen LogP contribution in [-0.2, 0) is 11.3 Å². The molecule has 0 saturated heterocycles. The molecule has 0 aliphatic heterocycles. The summed E-state index contributed by atoms with van der Waals surface area (Å²) >= 11 is 0. The van der Waals surface area contributed by atoms with Crippen LogP contribution in [0.5, 0.6) is 0 Å². The van der Waals surface area contributed by atoms with E-state index in [0.717, 1.165) is 13.0 Å². The summed E-state index contributed by atoms with van der Waals surface area (Å²) in [6.45, 7) is 7.51. The van der Waals surface area contributed by atoms with Crippen molar-refractivity contribution in [1.82, 2.24) is 15.1 Å². The molecule has 18 heavy (non-hydrogen) atoms. The second kappa shape index (κ2) is 6.66. The standard InChI is InChI=1S/C13H23N3O2/c1-5-8-14-11(13(2,3)18-4)10-16-12(17)7-6-9-15-16/h6-7,9,11,14H,5,8,10H2,1-4H3. The molecule has 5 heteroatoms. The molecule has 0 amide bonds. The first-order valence-electron chi connectivity index (χ1n) is 6.32. The highest BCUT2D eigenvalue weighted by atomic mass is 16.5. The maximum absolute atomic E-state index is 11.7. The van der Waals surface area contributed by atoms with E-state index in [9.17, 15) is 4.79 Å². The average Bonchev–Trinajstić information content (AvgIpc) is 2.36. The van der Waals surface area contributed by atoms with Crippen LogP contribution in [0.4, 0.5) is 0 Å². The summed E-state index contributed by atoms with van der Waals surface area (Å²) < 4.78 is 6.97. The Labute approximate surface area is 108 Å². The minimum absolute atomic E-state index is 0.0371. The van der Waals surface area contributed by atoms with Gasteiger partial charge in [0, 0.05) is 19.4 Å². The van der Waals surface area contributed by atoms with Crippen LogP contribution in [0.1, 0.15) is 27.2 Å². The smallest absolute Gasteiger partial charge is 0.266 e. The van der Waals surface area contributed by atoms with Gasteiger partial charge in [0.25, 0.3) is 5.56 Å². The second-order valence-electron chi connectivity index (χ2n) is 4.86. The van der Waals surface area contributed by atoms with E-state index in [2.05, 4.69) is 17.3 Å². The molecule has 1 aromatic heterocycles. The predicted molar refractivity (Wildman–Crippen MR) is 71.7 cm³/mol. The van der Waals surface area contributed by atoms with E-state index in [1.165, 1.54) is 10.7 Å². The Balaban J connectivity index is 2.85. The predicted octanol–water partition coefficient (Wildman–Crippen LogP) is 1.04. The first kappa shape index (κ1) is 14.9. The van der Waals surface area contributed by atoms with E-state index >= 15 is 0 Å². The first-order chi connectivity index (χ1) is 8.51. The lowest BCUT2D eigenvalue weighted by Crippen LogP contribution is -2.52. The fourth-order valence-corrected chi connectivity index (χ4v) is 1.69. The minimum atomic E-state index is -0.355. The molecular weight excluding hydrogens is 230 g/mol. The fourth-order valence-electron chi connectivity index (χ4n) is 1.69. The quantitative estimate of drug-likeness (QED) is 0.789. The SMILES string of the molecule is CCCNC(Cn1ncccc1=O)C(C)(C)OC. The Morgan fingerprint density at radius 1 is 1.56 bits per heavy atom. The Morgan fingerprint density at radius 3 is 2.83 bits per heavy atom. The van der Waals surface area contributed by atoms with Crippen LogP contribution in [0.3, 0.4) is 0 Å². The summed E-state index contributed by atoms with van der Waals surface area (Å²) in [7, 11) is 1.68. The Bertz CT molecular complexity index is 415. The largest absolute Gasteiger partial charge is 0.377 e. The molecule has 1 atom stereocenters. The third kappa shape index (κ3) is 3.92. The van der Waals surface area contributed by atoms with Crippen LogP contribution < -0.4 is 10.9 Å². The molecule has 0 radical (unpaired) electrons. The van der Waals surface area contributed by atoms with E-state index in [1.54, 1.807) is 19.4 Å². The van der Waals surface area contributed by atoms with Gasteiger partial charge >= 0.3 is 0 Å². The summed E-state index contributed by atoms with van der Waals surface area (Å²) in [6, 6.07) is 3.20. The third-order valence-electron chi connectivity index (χ3n) is 3.15. The number of nitrogens with one attached hydrogen (secondary N) is 1. The molecule has 0 aromatic carbocycles. The number of methoxy groups -OCH3 is 1. The van der Waals surface area contributed by atoms with Crippen LogP contribution >= 0.6 is 0 Å². The zero-order chi connectivity index (χ0) is 13.6. The lowest BCUT2D eigenvalue weighted by Gasteiger charge is -2.33. The number of rotatable bonds is 7. The van der Waals surface area contributed by atoms with Gasteiger partial charge in [0.2, 0.25) is 0 Å². The molecule has 1 rings (SSSR count). The van der Waals surface area contributed by atoms with Gasteiger partial charge in [-0.3, -0.25) is 4.79 Å².